The molecule has 0 aliphatic carbocycles. The Morgan fingerprint density at radius 1 is 1.36 bits per heavy atom. The molecule has 2 heterocycles. The normalized spacial score (nSPS) is 42.5. The van der Waals surface area contributed by atoms with Crippen LogP contribution < -0.4 is 5.32 Å². The monoisotopic (exact) mass is 235 g/mol. The number of fused-ring (bicyclic) bond motifs is 1. The number of thioether (sulfide) groups is 1. The average molecular weight is 235 g/mol. The van der Waals surface area contributed by atoms with E-state index in [1.54, 1.807) is 0 Å². The zero-order valence-electron chi connectivity index (χ0n) is 8.40. The number of sulfone groups is 1. The third kappa shape index (κ3) is 2.44. The maximum atomic E-state index is 11.5. The summed E-state index contributed by atoms with van der Waals surface area (Å²) in [5, 5.41) is 3.82. The SMILES string of the molecule is CC1CCSC2CS(=O)(=O)CCC2N1. The summed E-state index contributed by atoms with van der Waals surface area (Å²) < 4.78 is 22.9. The van der Waals surface area contributed by atoms with Gasteiger partial charge in [0.05, 0.1) is 11.5 Å². The van der Waals surface area contributed by atoms with Gasteiger partial charge in [0.1, 0.15) is 0 Å². The van der Waals surface area contributed by atoms with E-state index in [1.807, 2.05) is 11.8 Å². The molecule has 3 nitrogen and oxygen atoms in total. The quantitative estimate of drug-likeness (QED) is 0.670. The lowest BCUT2D eigenvalue weighted by atomic mass is 10.1. The van der Waals surface area contributed by atoms with E-state index < -0.39 is 9.84 Å². The van der Waals surface area contributed by atoms with E-state index in [0.717, 1.165) is 18.6 Å². The van der Waals surface area contributed by atoms with Crippen LogP contribution >= 0.6 is 11.8 Å². The van der Waals surface area contributed by atoms with Crippen molar-refractivity contribution in [2.24, 2.45) is 0 Å². The molecule has 0 aromatic heterocycles. The van der Waals surface area contributed by atoms with Gasteiger partial charge >= 0.3 is 0 Å². The molecule has 0 aromatic carbocycles. The minimum Gasteiger partial charge on any atom is -0.310 e. The molecule has 2 aliphatic heterocycles. The second-order valence-electron chi connectivity index (χ2n) is 4.28. The summed E-state index contributed by atoms with van der Waals surface area (Å²) in [5.74, 6) is 1.83. The van der Waals surface area contributed by atoms with Crippen LogP contribution in [0.25, 0.3) is 0 Å². The second kappa shape index (κ2) is 4.02. The van der Waals surface area contributed by atoms with Crippen LogP contribution in [0, 0.1) is 0 Å². The molecule has 3 atom stereocenters. The van der Waals surface area contributed by atoms with Gasteiger partial charge in [-0.15, -0.1) is 0 Å². The Morgan fingerprint density at radius 3 is 2.93 bits per heavy atom. The van der Waals surface area contributed by atoms with Crippen molar-refractivity contribution in [3.63, 3.8) is 0 Å². The average Bonchev–Trinajstić information content (AvgIpc) is 2.24. The van der Waals surface area contributed by atoms with Gasteiger partial charge in [-0.05, 0) is 25.5 Å². The van der Waals surface area contributed by atoms with Crippen LogP contribution in [0.3, 0.4) is 0 Å². The minimum absolute atomic E-state index is 0.290. The van der Waals surface area contributed by atoms with Crippen molar-refractivity contribution >= 4 is 21.6 Å². The van der Waals surface area contributed by atoms with Crippen LogP contribution in [0.15, 0.2) is 0 Å². The van der Waals surface area contributed by atoms with E-state index in [-0.39, 0.29) is 0 Å². The summed E-state index contributed by atoms with van der Waals surface area (Å²) in [6, 6.07) is 0.958. The lowest BCUT2D eigenvalue weighted by Gasteiger charge is -2.30. The first-order valence-electron chi connectivity index (χ1n) is 5.15. The summed E-state index contributed by atoms with van der Waals surface area (Å²) in [5.41, 5.74) is 0. The fourth-order valence-electron chi connectivity index (χ4n) is 2.14. The Balaban J connectivity index is 2.08. The van der Waals surface area contributed by atoms with Gasteiger partial charge in [0, 0.05) is 17.3 Å². The Bertz CT molecular complexity index is 302. The van der Waals surface area contributed by atoms with Gasteiger partial charge < -0.3 is 5.32 Å². The highest BCUT2D eigenvalue weighted by atomic mass is 32.2. The van der Waals surface area contributed by atoms with Crippen LogP contribution in [0.4, 0.5) is 0 Å². The van der Waals surface area contributed by atoms with E-state index in [2.05, 4.69) is 12.2 Å². The first kappa shape index (κ1) is 10.8. The summed E-state index contributed by atoms with van der Waals surface area (Å²) in [6.45, 7) is 2.19. The van der Waals surface area contributed by atoms with E-state index in [9.17, 15) is 8.42 Å². The van der Waals surface area contributed by atoms with Gasteiger partial charge in [-0.25, -0.2) is 8.42 Å². The molecule has 82 valence electrons. The highest BCUT2D eigenvalue weighted by Crippen LogP contribution is 2.28. The van der Waals surface area contributed by atoms with E-state index >= 15 is 0 Å². The van der Waals surface area contributed by atoms with Crippen LogP contribution in [0.2, 0.25) is 0 Å². The largest absolute Gasteiger partial charge is 0.310 e. The van der Waals surface area contributed by atoms with Gasteiger partial charge in [-0.3, -0.25) is 0 Å². The Labute approximate surface area is 89.9 Å². The summed E-state index contributed by atoms with van der Waals surface area (Å²) in [4.78, 5) is 0. The number of hydrogen-bond acceptors (Lipinski definition) is 4. The number of nitrogens with one attached hydrogen (secondary N) is 1. The highest BCUT2D eigenvalue weighted by molar-refractivity contribution is 8.01. The zero-order valence-corrected chi connectivity index (χ0v) is 10.0. The predicted molar refractivity (Wildman–Crippen MR) is 60.5 cm³/mol. The molecule has 1 N–H and O–H groups in total. The standard InChI is InChI=1S/C9H17NO2S2/c1-7-2-4-13-9-6-14(11,12)5-3-8(9)10-7/h7-10H,2-6H2,1H3. The van der Waals surface area contributed by atoms with Crippen molar-refractivity contribution in [3.05, 3.63) is 0 Å². The number of rotatable bonds is 0. The van der Waals surface area contributed by atoms with Gasteiger partial charge in [0.25, 0.3) is 0 Å². The van der Waals surface area contributed by atoms with Crippen molar-refractivity contribution in [2.75, 3.05) is 17.3 Å². The van der Waals surface area contributed by atoms with E-state index in [0.29, 0.717) is 28.8 Å². The zero-order chi connectivity index (χ0) is 10.2. The van der Waals surface area contributed by atoms with Gasteiger partial charge in [-0.1, -0.05) is 0 Å². The smallest absolute Gasteiger partial charge is 0.151 e. The van der Waals surface area contributed by atoms with Crippen LogP contribution in [-0.4, -0.2) is 43.0 Å². The molecule has 14 heavy (non-hydrogen) atoms. The molecule has 2 aliphatic rings. The van der Waals surface area contributed by atoms with Crippen molar-refractivity contribution in [3.8, 4) is 0 Å². The third-order valence-corrected chi connectivity index (χ3v) is 6.32. The van der Waals surface area contributed by atoms with Crippen molar-refractivity contribution < 1.29 is 8.42 Å². The summed E-state index contributed by atoms with van der Waals surface area (Å²) in [6.07, 6.45) is 1.95. The van der Waals surface area contributed by atoms with E-state index in [4.69, 9.17) is 0 Å². The molecule has 0 spiro atoms. The van der Waals surface area contributed by atoms with E-state index in [1.165, 1.54) is 0 Å². The van der Waals surface area contributed by atoms with Crippen molar-refractivity contribution in [2.45, 2.75) is 37.1 Å². The summed E-state index contributed by atoms with van der Waals surface area (Å²) >= 11 is 1.83. The fourth-order valence-corrected chi connectivity index (χ4v) is 5.90. The Kier molecular flexibility index (Phi) is 3.09. The summed E-state index contributed by atoms with van der Waals surface area (Å²) in [7, 11) is -2.75. The molecular weight excluding hydrogens is 218 g/mol. The second-order valence-corrected chi connectivity index (χ2v) is 7.85. The molecule has 2 saturated heterocycles. The maximum Gasteiger partial charge on any atom is 0.151 e. The molecule has 0 bridgehead atoms. The lowest BCUT2D eigenvalue weighted by molar-refractivity contribution is 0.424. The molecule has 0 amide bonds. The Hall–Kier alpha value is 0.260. The lowest BCUT2D eigenvalue weighted by Crippen LogP contribution is -2.48. The third-order valence-electron chi connectivity index (χ3n) is 2.99. The topological polar surface area (TPSA) is 46.2 Å². The predicted octanol–water partition coefficient (Wildman–Crippen LogP) is 0.657. The molecule has 0 saturated carbocycles. The Morgan fingerprint density at radius 2 is 2.14 bits per heavy atom. The fraction of sp³-hybridized carbons (Fsp3) is 1.00. The first-order valence-corrected chi connectivity index (χ1v) is 8.02. The minimum atomic E-state index is -2.75. The van der Waals surface area contributed by atoms with Crippen molar-refractivity contribution in [1.82, 2.24) is 5.32 Å². The van der Waals surface area contributed by atoms with Crippen molar-refractivity contribution in [1.29, 1.82) is 0 Å². The molecule has 2 fully saturated rings. The molecular formula is C9H17NO2S2. The molecule has 0 radical (unpaired) electrons. The first-order chi connectivity index (χ1) is 6.57. The molecule has 2 rings (SSSR count). The van der Waals surface area contributed by atoms with Crippen LogP contribution in [0.1, 0.15) is 19.8 Å². The van der Waals surface area contributed by atoms with Crippen LogP contribution in [0.5, 0.6) is 0 Å². The van der Waals surface area contributed by atoms with Gasteiger partial charge in [-0.2, -0.15) is 11.8 Å². The number of hydrogen-bond donors (Lipinski definition) is 1. The molecule has 3 unspecified atom stereocenters. The molecule has 5 heteroatoms. The maximum absolute atomic E-state index is 11.5. The van der Waals surface area contributed by atoms with Crippen LogP contribution in [-0.2, 0) is 9.84 Å². The van der Waals surface area contributed by atoms with Gasteiger partial charge in [0.15, 0.2) is 9.84 Å². The highest BCUT2D eigenvalue weighted by Gasteiger charge is 2.35. The van der Waals surface area contributed by atoms with Gasteiger partial charge in [0.2, 0.25) is 0 Å². The molecule has 0 aromatic rings.